The van der Waals surface area contributed by atoms with Crippen LogP contribution in [0.2, 0.25) is 0 Å². The van der Waals surface area contributed by atoms with Gasteiger partial charge in [0.1, 0.15) is 5.75 Å². The molecule has 0 atom stereocenters. The van der Waals surface area contributed by atoms with Crippen molar-refractivity contribution in [3.8, 4) is 17.2 Å². The van der Waals surface area contributed by atoms with E-state index in [1.165, 1.54) is 7.11 Å². The van der Waals surface area contributed by atoms with E-state index in [-0.39, 0.29) is 11.9 Å². The lowest BCUT2D eigenvalue weighted by Gasteiger charge is -2.15. The Morgan fingerprint density at radius 3 is 2.35 bits per heavy atom. The molecule has 0 unspecified atom stereocenters. The minimum absolute atomic E-state index is 0.285. The molecule has 0 bridgehead atoms. The number of amides is 1. The number of guanidine groups is 1. The van der Waals surface area contributed by atoms with Crippen LogP contribution in [0.25, 0.3) is 0 Å². The van der Waals surface area contributed by atoms with Crippen molar-refractivity contribution in [2.75, 3.05) is 26.6 Å². The Morgan fingerprint density at radius 2 is 1.71 bits per heavy atom. The lowest BCUT2D eigenvalue weighted by atomic mass is 10.2. The highest BCUT2D eigenvalue weighted by atomic mass is 16.5. The summed E-state index contributed by atoms with van der Waals surface area (Å²) in [6.07, 6.45) is 0. The van der Waals surface area contributed by atoms with Crippen LogP contribution in [0.3, 0.4) is 0 Å². The topological polar surface area (TPSA) is 99.0 Å². The first-order chi connectivity index (χ1) is 16.4. The number of carbonyl (C=O) groups excluding carboxylic acids is 1. The predicted molar refractivity (Wildman–Crippen MR) is 132 cm³/mol. The second-order valence-electron chi connectivity index (χ2n) is 7.48. The molecule has 1 amide bonds. The number of methoxy groups -OCH3 is 3. The SMILES string of the molecule is CCn1nc(C)c(CN=C(NC(=O)c2ccc(OC)c(OC)c2)Nc2ccccc2OC)c1C. The Bertz CT molecular complexity index is 1190. The number of aryl methyl sites for hydroxylation is 2. The summed E-state index contributed by atoms with van der Waals surface area (Å²) < 4.78 is 18.0. The van der Waals surface area contributed by atoms with E-state index in [2.05, 4.69) is 20.7 Å². The van der Waals surface area contributed by atoms with Crippen LogP contribution in [0.5, 0.6) is 17.2 Å². The van der Waals surface area contributed by atoms with Crippen LogP contribution in [0, 0.1) is 13.8 Å². The summed E-state index contributed by atoms with van der Waals surface area (Å²) in [7, 11) is 4.66. The fourth-order valence-corrected chi connectivity index (χ4v) is 3.57. The van der Waals surface area contributed by atoms with E-state index in [9.17, 15) is 4.79 Å². The molecular weight excluding hydrogens is 434 g/mol. The zero-order chi connectivity index (χ0) is 24.7. The molecule has 0 aliphatic rings. The number of para-hydroxylation sites is 2. The first kappa shape index (κ1) is 24.6. The number of carbonyl (C=O) groups is 1. The second kappa shape index (κ2) is 11.2. The lowest BCUT2D eigenvalue weighted by molar-refractivity contribution is 0.0976. The molecule has 9 nitrogen and oxygen atoms in total. The fourth-order valence-electron chi connectivity index (χ4n) is 3.57. The lowest BCUT2D eigenvalue weighted by Crippen LogP contribution is -2.36. The number of rotatable bonds is 8. The van der Waals surface area contributed by atoms with E-state index < -0.39 is 0 Å². The molecule has 34 heavy (non-hydrogen) atoms. The summed E-state index contributed by atoms with van der Waals surface area (Å²) in [4.78, 5) is 17.8. The van der Waals surface area contributed by atoms with Crippen LogP contribution in [0.4, 0.5) is 5.69 Å². The van der Waals surface area contributed by atoms with E-state index in [1.54, 1.807) is 32.4 Å². The number of hydrogen-bond acceptors (Lipinski definition) is 6. The number of ether oxygens (including phenoxy) is 3. The van der Waals surface area contributed by atoms with Crippen molar-refractivity contribution >= 4 is 17.6 Å². The van der Waals surface area contributed by atoms with Crippen molar-refractivity contribution < 1.29 is 19.0 Å². The average Bonchev–Trinajstić information content (AvgIpc) is 3.14. The highest BCUT2D eigenvalue weighted by Gasteiger charge is 2.15. The molecular formula is C25H31N5O4. The average molecular weight is 466 g/mol. The van der Waals surface area contributed by atoms with Gasteiger partial charge in [-0.25, -0.2) is 4.99 Å². The van der Waals surface area contributed by atoms with E-state index in [1.807, 2.05) is 49.7 Å². The zero-order valence-electron chi connectivity index (χ0n) is 20.4. The smallest absolute Gasteiger partial charge is 0.258 e. The van der Waals surface area contributed by atoms with Crippen molar-refractivity contribution in [2.45, 2.75) is 33.9 Å². The molecule has 3 aromatic rings. The van der Waals surface area contributed by atoms with E-state index >= 15 is 0 Å². The molecule has 0 fully saturated rings. The van der Waals surface area contributed by atoms with Gasteiger partial charge in [0.15, 0.2) is 11.5 Å². The first-order valence-electron chi connectivity index (χ1n) is 10.9. The number of benzene rings is 2. The van der Waals surface area contributed by atoms with Gasteiger partial charge in [-0.3, -0.25) is 14.8 Å². The number of hydrogen-bond donors (Lipinski definition) is 2. The molecule has 9 heteroatoms. The molecule has 0 aliphatic carbocycles. The van der Waals surface area contributed by atoms with Gasteiger partial charge >= 0.3 is 0 Å². The monoisotopic (exact) mass is 465 g/mol. The number of anilines is 1. The maximum atomic E-state index is 13.1. The molecule has 0 aliphatic heterocycles. The van der Waals surface area contributed by atoms with Gasteiger partial charge in [-0.15, -0.1) is 0 Å². The Hall–Kier alpha value is -4.01. The van der Waals surface area contributed by atoms with Gasteiger partial charge in [0.2, 0.25) is 5.96 Å². The molecule has 0 saturated carbocycles. The molecule has 0 radical (unpaired) electrons. The summed E-state index contributed by atoms with van der Waals surface area (Å²) >= 11 is 0. The Morgan fingerprint density at radius 1 is 1.00 bits per heavy atom. The zero-order valence-corrected chi connectivity index (χ0v) is 20.4. The van der Waals surface area contributed by atoms with Crippen LogP contribution in [-0.2, 0) is 13.1 Å². The molecule has 0 saturated heterocycles. The van der Waals surface area contributed by atoms with Crippen LogP contribution < -0.4 is 24.8 Å². The Kier molecular flexibility index (Phi) is 8.13. The Balaban J connectivity index is 1.92. The minimum atomic E-state index is -0.347. The molecule has 2 N–H and O–H groups in total. The molecule has 0 spiro atoms. The van der Waals surface area contributed by atoms with Gasteiger partial charge in [-0.05, 0) is 51.1 Å². The fraction of sp³-hybridized carbons (Fsp3) is 0.320. The van der Waals surface area contributed by atoms with E-state index in [0.717, 1.165) is 23.5 Å². The summed E-state index contributed by atoms with van der Waals surface area (Å²) in [5.41, 5.74) is 4.05. The normalized spacial score (nSPS) is 11.2. The Labute approximate surface area is 199 Å². The van der Waals surface area contributed by atoms with Gasteiger partial charge in [0, 0.05) is 23.4 Å². The van der Waals surface area contributed by atoms with Crippen LogP contribution in [0.15, 0.2) is 47.5 Å². The summed E-state index contributed by atoms with van der Waals surface area (Å²) in [5.74, 6) is 1.57. The van der Waals surface area contributed by atoms with Crippen molar-refractivity contribution in [3.05, 3.63) is 65.0 Å². The molecule has 2 aromatic carbocycles. The summed E-state index contributed by atoms with van der Waals surface area (Å²) in [6.45, 7) is 7.15. The maximum absolute atomic E-state index is 13.1. The van der Waals surface area contributed by atoms with Gasteiger partial charge in [0.25, 0.3) is 5.91 Å². The number of nitrogens with one attached hydrogen (secondary N) is 2. The predicted octanol–water partition coefficient (Wildman–Crippen LogP) is 3.94. The molecule has 1 aromatic heterocycles. The van der Waals surface area contributed by atoms with Gasteiger partial charge < -0.3 is 19.5 Å². The summed E-state index contributed by atoms with van der Waals surface area (Å²) in [6, 6.07) is 12.4. The van der Waals surface area contributed by atoms with E-state index in [0.29, 0.717) is 35.0 Å². The first-order valence-corrected chi connectivity index (χ1v) is 10.9. The highest BCUT2D eigenvalue weighted by molar-refractivity contribution is 6.10. The molecule has 180 valence electrons. The van der Waals surface area contributed by atoms with Crippen LogP contribution in [0.1, 0.15) is 34.2 Å². The van der Waals surface area contributed by atoms with Crippen molar-refractivity contribution in [2.24, 2.45) is 4.99 Å². The van der Waals surface area contributed by atoms with Crippen LogP contribution in [-0.4, -0.2) is 43.0 Å². The molecule has 3 rings (SSSR count). The van der Waals surface area contributed by atoms with Gasteiger partial charge in [-0.1, -0.05) is 12.1 Å². The van der Waals surface area contributed by atoms with Crippen molar-refractivity contribution in [3.63, 3.8) is 0 Å². The highest BCUT2D eigenvalue weighted by Crippen LogP contribution is 2.27. The van der Waals surface area contributed by atoms with Gasteiger partial charge in [-0.2, -0.15) is 5.10 Å². The second-order valence-corrected chi connectivity index (χ2v) is 7.48. The summed E-state index contributed by atoms with van der Waals surface area (Å²) in [5, 5.41) is 10.6. The molecule has 1 heterocycles. The third-order valence-electron chi connectivity index (χ3n) is 5.46. The largest absolute Gasteiger partial charge is 0.495 e. The number of nitrogens with zero attached hydrogens (tertiary/aromatic N) is 3. The third-order valence-corrected chi connectivity index (χ3v) is 5.46. The number of aromatic nitrogens is 2. The number of aliphatic imine (C=N–C) groups is 1. The standard InChI is InChI=1S/C25H31N5O4/c1-7-30-17(3)19(16(2)29-30)15-26-25(27-20-10-8-9-11-21(20)32-4)28-24(31)18-12-13-22(33-5)23(14-18)34-6/h8-14H,7,15H2,1-6H3,(H2,26,27,28,31). The third kappa shape index (κ3) is 5.48. The van der Waals surface area contributed by atoms with E-state index in [4.69, 9.17) is 14.2 Å². The van der Waals surface area contributed by atoms with Gasteiger partial charge in [0.05, 0.1) is 39.3 Å². The maximum Gasteiger partial charge on any atom is 0.258 e. The van der Waals surface area contributed by atoms with Crippen molar-refractivity contribution in [1.82, 2.24) is 15.1 Å². The minimum Gasteiger partial charge on any atom is -0.495 e. The van der Waals surface area contributed by atoms with Crippen molar-refractivity contribution in [1.29, 1.82) is 0 Å². The van der Waals surface area contributed by atoms with Crippen LogP contribution >= 0.6 is 0 Å². The quantitative estimate of drug-likeness (QED) is 0.386.